The Morgan fingerprint density at radius 2 is 1.68 bits per heavy atom. The van der Waals surface area contributed by atoms with Gasteiger partial charge in [0.2, 0.25) is 5.91 Å². The first-order chi connectivity index (χ1) is 14.5. The zero-order chi connectivity index (χ0) is 22.8. The Morgan fingerprint density at radius 3 is 2.23 bits per heavy atom. The lowest BCUT2D eigenvalue weighted by Crippen LogP contribution is -2.49. The van der Waals surface area contributed by atoms with Crippen LogP contribution in [0.4, 0.5) is 18.9 Å². The summed E-state index contributed by atoms with van der Waals surface area (Å²) in [6, 6.07) is 5.13. The van der Waals surface area contributed by atoms with Crippen molar-refractivity contribution in [1.82, 2.24) is 14.8 Å². The van der Waals surface area contributed by atoms with Gasteiger partial charge in [-0.1, -0.05) is 11.6 Å². The number of aromatic amines is 1. The van der Waals surface area contributed by atoms with Gasteiger partial charge in [0.25, 0.3) is 0 Å². The third kappa shape index (κ3) is 6.09. The standard InChI is InChI=1S/C21H24ClF3N4O2/c1-13-9-16(14(2)26-13)19(30)11-28-5-7-29(8-6-28)12-20(31)27-15-3-4-18(22)17(10-15)21(23,24)25/h3-4,9-10,26H,5-8,11-12H2,1-2H3,(H,27,31). The molecule has 10 heteroatoms. The van der Waals surface area contributed by atoms with Gasteiger partial charge < -0.3 is 10.3 Å². The van der Waals surface area contributed by atoms with E-state index in [1.807, 2.05) is 29.7 Å². The van der Waals surface area contributed by atoms with E-state index in [2.05, 4.69) is 10.3 Å². The summed E-state index contributed by atoms with van der Waals surface area (Å²) in [6.45, 7) is 6.56. The van der Waals surface area contributed by atoms with Crippen molar-refractivity contribution in [1.29, 1.82) is 0 Å². The SMILES string of the molecule is Cc1cc(C(=O)CN2CCN(CC(=O)Nc3ccc(Cl)c(C(F)(F)F)c3)CC2)c(C)[nH]1. The van der Waals surface area contributed by atoms with Crippen LogP contribution in [0.3, 0.4) is 0 Å². The summed E-state index contributed by atoms with van der Waals surface area (Å²) in [5, 5.41) is 2.08. The van der Waals surface area contributed by atoms with E-state index in [1.54, 1.807) is 0 Å². The number of rotatable bonds is 6. The van der Waals surface area contributed by atoms with Gasteiger partial charge in [0.05, 0.1) is 23.7 Å². The van der Waals surface area contributed by atoms with Gasteiger partial charge in [-0.25, -0.2) is 0 Å². The molecule has 0 aliphatic carbocycles. The molecule has 0 bridgehead atoms. The van der Waals surface area contributed by atoms with E-state index in [1.165, 1.54) is 6.07 Å². The number of anilines is 1. The number of carbonyl (C=O) groups is 2. The minimum Gasteiger partial charge on any atom is -0.362 e. The Hall–Kier alpha value is -2.36. The second-order valence-electron chi connectivity index (χ2n) is 7.71. The molecule has 168 valence electrons. The van der Waals surface area contributed by atoms with Gasteiger partial charge in [0, 0.05) is 48.8 Å². The maximum atomic E-state index is 13.0. The molecule has 2 N–H and O–H groups in total. The molecule has 31 heavy (non-hydrogen) atoms. The quantitative estimate of drug-likeness (QED) is 0.650. The van der Waals surface area contributed by atoms with Crippen LogP contribution in [0.1, 0.15) is 27.3 Å². The summed E-state index contributed by atoms with van der Waals surface area (Å²) in [4.78, 5) is 31.8. The third-order valence-electron chi connectivity index (χ3n) is 5.20. The lowest BCUT2D eigenvalue weighted by atomic mass is 10.1. The van der Waals surface area contributed by atoms with Gasteiger partial charge in [-0.05, 0) is 38.1 Å². The molecule has 1 aliphatic rings. The molecule has 0 atom stereocenters. The van der Waals surface area contributed by atoms with E-state index in [0.717, 1.165) is 23.5 Å². The zero-order valence-electron chi connectivity index (χ0n) is 17.3. The van der Waals surface area contributed by atoms with Crippen molar-refractivity contribution in [2.24, 2.45) is 0 Å². The number of Topliss-reactive ketones (excluding diaryl/α,β-unsaturated/α-hetero) is 1. The summed E-state index contributed by atoms with van der Waals surface area (Å²) in [5.74, 6) is -0.352. The first kappa shape index (κ1) is 23.3. The van der Waals surface area contributed by atoms with Crippen LogP contribution in [-0.2, 0) is 11.0 Å². The average molecular weight is 457 g/mol. The largest absolute Gasteiger partial charge is 0.417 e. The van der Waals surface area contributed by atoms with E-state index in [0.29, 0.717) is 38.3 Å². The maximum absolute atomic E-state index is 13.0. The van der Waals surface area contributed by atoms with Crippen molar-refractivity contribution < 1.29 is 22.8 Å². The number of nitrogens with zero attached hydrogens (tertiary/aromatic N) is 2. The molecule has 1 fully saturated rings. The molecule has 0 spiro atoms. The Bertz CT molecular complexity index is 966. The highest BCUT2D eigenvalue weighted by Crippen LogP contribution is 2.36. The van der Waals surface area contributed by atoms with Gasteiger partial charge in [-0.15, -0.1) is 0 Å². The number of hydrogen-bond acceptors (Lipinski definition) is 4. The highest BCUT2D eigenvalue weighted by atomic mass is 35.5. The highest BCUT2D eigenvalue weighted by Gasteiger charge is 2.33. The van der Waals surface area contributed by atoms with E-state index >= 15 is 0 Å². The minimum absolute atomic E-state index is 0.0446. The number of piperazine rings is 1. The van der Waals surface area contributed by atoms with Gasteiger partial charge in [-0.2, -0.15) is 13.2 Å². The molecular formula is C21H24ClF3N4O2. The number of alkyl halides is 3. The lowest BCUT2D eigenvalue weighted by Gasteiger charge is -2.33. The molecule has 2 aromatic rings. The van der Waals surface area contributed by atoms with Crippen molar-refractivity contribution in [2.75, 3.05) is 44.6 Å². The van der Waals surface area contributed by atoms with E-state index in [9.17, 15) is 22.8 Å². The molecule has 6 nitrogen and oxygen atoms in total. The predicted octanol–water partition coefficient (Wildman–Crippen LogP) is 3.74. The number of nitrogens with one attached hydrogen (secondary N) is 2. The molecule has 0 saturated carbocycles. The Labute approximate surface area is 183 Å². The topological polar surface area (TPSA) is 68.4 Å². The molecule has 2 heterocycles. The van der Waals surface area contributed by atoms with Gasteiger partial charge in [0.1, 0.15) is 0 Å². The van der Waals surface area contributed by atoms with E-state index in [-0.39, 0.29) is 18.0 Å². The summed E-state index contributed by atoms with van der Waals surface area (Å²) in [6.07, 6.45) is -4.59. The Balaban J connectivity index is 1.48. The number of ketones is 1. The van der Waals surface area contributed by atoms with Crippen molar-refractivity contribution in [3.05, 3.63) is 51.8 Å². The maximum Gasteiger partial charge on any atom is 0.417 e. The number of halogens is 4. The first-order valence-corrected chi connectivity index (χ1v) is 10.2. The van der Waals surface area contributed by atoms with Crippen molar-refractivity contribution >= 4 is 29.0 Å². The van der Waals surface area contributed by atoms with E-state index in [4.69, 9.17) is 11.6 Å². The lowest BCUT2D eigenvalue weighted by molar-refractivity contribution is -0.137. The molecule has 1 aromatic carbocycles. The van der Waals surface area contributed by atoms with Crippen LogP contribution in [-0.4, -0.2) is 65.7 Å². The fourth-order valence-corrected chi connectivity index (χ4v) is 3.86. The van der Waals surface area contributed by atoms with Crippen LogP contribution in [0.2, 0.25) is 5.02 Å². The summed E-state index contributed by atoms with van der Waals surface area (Å²) in [5.41, 5.74) is 1.55. The Morgan fingerprint density at radius 1 is 1.06 bits per heavy atom. The Kier molecular flexibility index (Phi) is 7.08. The van der Waals surface area contributed by atoms with Crippen molar-refractivity contribution in [2.45, 2.75) is 20.0 Å². The van der Waals surface area contributed by atoms with Crippen LogP contribution in [0.15, 0.2) is 24.3 Å². The molecule has 1 amide bonds. The molecular weight excluding hydrogens is 433 g/mol. The number of amides is 1. The molecule has 1 saturated heterocycles. The van der Waals surface area contributed by atoms with Crippen LogP contribution in [0.5, 0.6) is 0 Å². The molecule has 1 aromatic heterocycles. The molecule has 0 unspecified atom stereocenters. The van der Waals surface area contributed by atoms with Crippen LogP contribution in [0, 0.1) is 13.8 Å². The van der Waals surface area contributed by atoms with Gasteiger partial charge >= 0.3 is 6.18 Å². The zero-order valence-corrected chi connectivity index (χ0v) is 18.0. The monoisotopic (exact) mass is 456 g/mol. The highest BCUT2D eigenvalue weighted by molar-refractivity contribution is 6.31. The number of aromatic nitrogens is 1. The second-order valence-corrected chi connectivity index (χ2v) is 8.11. The number of aryl methyl sites for hydroxylation is 2. The van der Waals surface area contributed by atoms with Crippen LogP contribution >= 0.6 is 11.6 Å². The average Bonchev–Trinajstić information content (AvgIpc) is 3.02. The smallest absolute Gasteiger partial charge is 0.362 e. The fraction of sp³-hybridized carbons (Fsp3) is 0.429. The van der Waals surface area contributed by atoms with E-state index < -0.39 is 22.7 Å². The normalized spacial score (nSPS) is 15.8. The molecule has 3 rings (SSSR count). The van der Waals surface area contributed by atoms with Gasteiger partial charge in [0.15, 0.2) is 5.78 Å². The third-order valence-corrected chi connectivity index (χ3v) is 5.53. The summed E-state index contributed by atoms with van der Waals surface area (Å²) >= 11 is 5.60. The first-order valence-electron chi connectivity index (χ1n) is 9.83. The molecule has 0 radical (unpaired) electrons. The fourth-order valence-electron chi connectivity index (χ4n) is 3.63. The second kappa shape index (κ2) is 9.42. The van der Waals surface area contributed by atoms with Crippen molar-refractivity contribution in [3.63, 3.8) is 0 Å². The predicted molar refractivity (Wildman–Crippen MR) is 113 cm³/mol. The summed E-state index contributed by atoms with van der Waals surface area (Å²) < 4.78 is 38.9. The van der Waals surface area contributed by atoms with Crippen molar-refractivity contribution in [3.8, 4) is 0 Å². The number of hydrogen-bond donors (Lipinski definition) is 2. The van der Waals surface area contributed by atoms with Crippen LogP contribution in [0.25, 0.3) is 0 Å². The van der Waals surface area contributed by atoms with Crippen LogP contribution < -0.4 is 5.32 Å². The number of carbonyl (C=O) groups excluding carboxylic acids is 2. The summed E-state index contributed by atoms with van der Waals surface area (Å²) in [7, 11) is 0. The number of benzene rings is 1. The minimum atomic E-state index is -4.59. The van der Waals surface area contributed by atoms with Gasteiger partial charge in [-0.3, -0.25) is 19.4 Å². The number of H-pyrrole nitrogens is 1. The molecule has 1 aliphatic heterocycles.